The van der Waals surface area contributed by atoms with Crippen LogP contribution in [0.15, 0.2) is 30.3 Å². The third-order valence-corrected chi connectivity index (χ3v) is 6.27. The Bertz CT molecular complexity index is 414. The first kappa shape index (κ1) is 12.6. The van der Waals surface area contributed by atoms with E-state index < -0.39 is 0 Å². The topological polar surface area (TPSA) is 12.0 Å². The van der Waals surface area contributed by atoms with Gasteiger partial charge in [-0.2, -0.15) is 0 Å². The minimum Gasteiger partial charge on any atom is -0.296 e. The van der Waals surface area contributed by atoms with Crippen LogP contribution in [0.4, 0.5) is 0 Å². The van der Waals surface area contributed by atoms with E-state index in [0.29, 0.717) is 10.8 Å². The SMILES string of the molecule is CC1(C)CSC2(CCCCC2c2ccccc2)N1. The normalized spacial score (nSPS) is 34.9. The first-order valence-electron chi connectivity index (χ1n) is 7.10. The number of nitrogens with one attached hydrogen (secondary N) is 1. The fraction of sp³-hybridized carbons (Fsp3) is 0.625. The molecule has 1 saturated carbocycles. The standard InChI is InChI=1S/C16H23NS/c1-15(2)12-18-16(17-15)11-7-6-10-14(16)13-8-4-3-5-9-13/h3-5,8-9,14,17H,6-7,10-12H2,1-2H3. The molecule has 2 aliphatic rings. The number of hydrogen-bond acceptors (Lipinski definition) is 2. The average Bonchev–Trinajstić information content (AvgIpc) is 2.67. The highest BCUT2D eigenvalue weighted by molar-refractivity contribution is 8.01. The van der Waals surface area contributed by atoms with Gasteiger partial charge in [0.25, 0.3) is 0 Å². The summed E-state index contributed by atoms with van der Waals surface area (Å²) in [4.78, 5) is 0.295. The van der Waals surface area contributed by atoms with Gasteiger partial charge in [0.2, 0.25) is 0 Å². The summed E-state index contributed by atoms with van der Waals surface area (Å²) in [6.45, 7) is 4.68. The van der Waals surface area contributed by atoms with E-state index in [9.17, 15) is 0 Å². The molecule has 0 amide bonds. The lowest BCUT2D eigenvalue weighted by molar-refractivity contribution is 0.258. The molecule has 1 aliphatic carbocycles. The molecule has 2 heteroatoms. The van der Waals surface area contributed by atoms with Gasteiger partial charge in [-0.25, -0.2) is 0 Å². The molecule has 2 fully saturated rings. The quantitative estimate of drug-likeness (QED) is 0.815. The summed E-state index contributed by atoms with van der Waals surface area (Å²) in [6.07, 6.45) is 5.41. The van der Waals surface area contributed by atoms with Gasteiger partial charge >= 0.3 is 0 Å². The highest BCUT2D eigenvalue weighted by Crippen LogP contribution is 2.52. The second-order valence-electron chi connectivity index (χ2n) is 6.40. The van der Waals surface area contributed by atoms with Crippen LogP contribution in [0.3, 0.4) is 0 Å². The van der Waals surface area contributed by atoms with E-state index in [1.165, 1.54) is 37.0 Å². The fourth-order valence-electron chi connectivity index (χ4n) is 3.54. The Morgan fingerprint density at radius 3 is 2.61 bits per heavy atom. The molecule has 98 valence electrons. The van der Waals surface area contributed by atoms with E-state index in [1.807, 2.05) is 0 Å². The molecule has 1 aromatic carbocycles. The summed E-state index contributed by atoms with van der Waals surface area (Å²) in [5.41, 5.74) is 1.81. The van der Waals surface area contributed by atoms with Crippen molar-refractivity contribution in [3.8, 4) is 0 Å². The second kappa shape index (κ2) is 4.57. The molecule has 1 spiro atoms. The van der Waals surface area contributed by atoms with Gasteiger partial charge in [0, 0.05) is 17.2 Å². The van der Waals surface area contributed by atoms with E-state index in [4.69, 9.17) is 0 Å². The minimum absolute atomic E-state index is 0.287. The molecule has 1 aliphatic heterocycles. The van der Waals surface area contributed by atoms with Crippen molar-refractivity contribution in [2.75, 3.05) is 5.75 Å². The van der Waals surface area contributed by atoms with Gasteiger partial charge in [-0.3, -0.25) is 5.32 Å². The summed E-state index contributed by atoms with van der Waals surface area (Å²) < 4.78 is 0. The van der Waals surface area contributed by atoms with Crippen LogP contribution in [-0.2, 0) is 0 Å². The Morgan fingerprint density at radius 1 is 1.17 bits per heavy atom. The van der Waals surface area contributed by atoms with E-state index in [2.05, 4.69) is 61.3 Å². The highest BCUT2D eigenvalue weighted by Gasteiger charge is 2.49. The molecule has 1 aromatic rings. The first-order valence-corrected chi connectivity index (χ1v) is 8.08. The zero-order chi connectivity index (χ0) is 12.6. The Hall–Kier alpha value is -0.470. The summed E-state index contributed by atoms with van der Waals surface area (Å²) >= 11 is 2.16. The second-order valence-corrected chi connectivity index (χ2v) is 7.70. The molecular weight excluding hydrogens is 238 g/mol. The smallest absolute Gasteiger partial charge is 0.0719 e. The van der Waals surface area contributed by atoms with Gasteiger partial charge in [-0.15, -0.1) is 11.8 Å². The van der Waals surface area contributed by atoms with E-state index in [1.54, 1.807) is 0 Å². The predicted octanol–water partition coefficient (Wildman–Crippen LogP) is 4.16. The lowest BCUT2D eigenvalue weighted by Crippen LogP contribution is -2.51. The van der Waals surface area contributed by atoms with Crippen LogP contribution >= 0.6 is 11.8 Å². The highest BCUT2D eigenvalue weighted by atomic mass is 32.2. The summed E-state index contributed by atoms with van der Waals surface area (Å²) in [5.74, 6) is 1.91. The summed E-state index contributed by atoms with van der Waals surface area (Å²) in [6, 6.07) is 11.1. The van der Waals surface area contributed by atoms with Crippen LogP contribution in [0.1, 0.15) is 51.0 Å². The zero-order valence-corrected chi connectivity index (χ0v) is 12.2. The maximum absolute atomic E-state index is 3.96. The van der Waals surface area contributed by atoms with Gasteiger partial charge in [-0.05, 0) is 32.3 Å². The van der Waals surface area contributed by atoms with Crippen molar-refractivity contribution in [1.29, 1.82) is 0 Å². The average molecular weight is 261 g/mol. The van der Waals surface area contributed by atoms with Gasteiger partial charge in [0.1, 0.15) is 0 Å². The van der Waals surface area contributed by atoms with Crippen molar-refractivity contribution in [3.63, 3.8) is 0 Å². The van der Waals surface area contributed by atoms with E-state index >= 15 is 0 Å². The molecule has 2 atom stereocenters. The third-order valence-electron chi connectivity index (χ3n) is 4.30. The van der Waals surface area contributed by atoms with Crippen LogP contribution in [0.2, 0.25) is 0 Å². The summed E-state index contributed by atoms with van der Waals surface area (Å²) in [7, 11) is 0. The third kappa shape index (κ3) is 2.21. The number of hydrogen-bond donors (Lipinski definition) is 1. The van der Waals surface area contributed by atoms with Gasteiger partial charge < -0.3 is 0 Å². The molecule has 0 bridgehead atoms. The predicted molar refractivity (Wildman–Crippen MR) is 80.1 cm³/mol. The van der Waals surface area contributed by atoms with Crippen molar-refractivity contribution in [1.82, 2.24) is 5.32 Å². The molecule has 1 N–H and O–H groups in total. The van der Waals surface area contributed by atoms with Crippen molar-refractivity contribution in [2.45, 2.75) is 55.9 Å². The van der Waals surface area contributed by atoms with Crippen LogP contribution in [0, 0.1) is 0 Å². The van der Waals surface area contributed by atoms with Crippen LogP contribution in [-0.4, -0.2) is 16.2 Å². The maximum Gasteiger partial charge on any atom is 0.0719 e. The lowest BCUT2D eigenvalue weighted by Gasteiger charge is -2.42. The van der Waals surface area contributed by atoms with Crippen molar-refractivity contribution in [3.05, 3.63) is 35.9 Å². The van der Waals surface area contributed by atoms with Crippen LogP contribution < -0.4 is 5.32 Å². The maximum atomic E-state index is 3.96. The Morgan fingerprint density at radius 2 is 1.94 bits per heavy atom. The number of rotatable bonds is 1. The van der Waals surface area contributed by atoms with Gasteiger partial charge in [0.05, 0.1) is 4.87 Å². The Balaban J connectivity index is 1.92. The molecule has 1 heterocycles. The monoisotopic (exact) mass is 261 g/mol. The van der Waals surface area contributed by atoms with Gasteiger partial charge in [-0.1, -0.05) is 43.2 Å². The largest absolute Gasteiger partial charge is 0.296 e. The van der Waals surface area contributed by atoms with Crippen molar-refractivity contribution >= 4 is 11.8 Å². The molecule has 2 unspecified atom stereocenters. The molecular formula is C16H23NS. The summed E-state index contributed by atoms with van der Waals surface area (Å²) in [5, 5.41) is 3.96. The van der Waals surface area contributed by atoms with E-state index in [0.717, 1.165) is 0 Å². The minimum atomic E-state index is 0.287. The first-order chi connectivity index (χ1) is 8.61. The number of thioether (sulfide) groups is 1. The zero-order valence-electron chi connectivity index (χ0n) is 11.4. The van der Waals surface area contributed by atoms with E-state index in [-0.39, 0.29) is 5.54 Å². The van der Waals surface area contributed by atoms with Gasteiger partial charge in [0.15, 0.2) is 0 Å². The van der Waals surface area contributed by atoms with Crippen LogP contribution in [0.5, 0.6) is 0 Å². The Kier molecular flexibility index (Phi) is 3.19. The molecule has 18 heavy (non-hydrogen) atoms. The van der Waals surface area contributed by atoms with Crippen LogP contribution in [0.25, 0.3) is 0 Å². The Labute approximate surface area is 115 Å². The molecule has 1 saturated heterocycles. The molecule has 0 aromatic heterocycles. The molecule has 1 nitrogen and oxygen atoms in total. The van der Waals surface area contributed by atoms with Crippen molar-refractivity contribution < 1.29 is 0 Å². The molecule has 3 rings (SSSR count). The fourth-order valence-corrected chi connectivity index (χ4v) is 5.32. The molecule has 0 radical (unpaired) electrons. The number of benzene rings is 1. The van der Waals surface area contributed by atoms with Crippen molar-refractivity contribution in [2.24, 2.45) is 0 Å². The lowest BCUT2D eigenvalue weighted by atomic mass is 9.78.